The number of imide groups is 1. The maximum Gasteiger partial charge on any atom is 0.262 e. The van der Waals surface area contributed by atoms with Crippen molar-refractivity contribution in [3.05, 3.63) is 83.2 Å². The van der Waals surface area contributed by atoms with E-state index in [9.17, 15) is 14.4 Å². The Labute approximate surface area is 166 Å². The van der Waals surface area contributed by atoms with Crippen LogP contribution in [0.5, 0.6) is 0 Å². The Balaban J connectivity index is 1.45. The number of fused-ring (bicyclic) bond motifs is 2. The van der Waals surface area contributed by atoms with E-state index < -0.39 is 17.9 Å². The fourth-order valence-corrected chi connectivity index (χ4v) is 3.99. The van der Waals surface area contributed by atoms with Gasteiger partial charge in [-0.05, 0) is 24.3 Å². The summed E-state index contributed by atoms with van der Waals surface area (Å²) in [6.45, 7) is 0.133. The van der Waals surface area contributed by atoms with Crippen LogP contribution in [0.25, 0.3) is 0 Å². The third-order valence-electron chi connectivity index (χ3n) is 5.38. The highest BCUT2D eigenvalue weighted by molar-refractivity contribution is 6.22. The minimum atomic E-state index is -0.464. The molecule has 2 aliphatic rings. The van der Waals surface area contributed by atoms with E-state index in [2.05, 4.69) is 15.0 Å². The van der Waals surface area contributed by atoms with Gasteiger partial charge in [-0.1, -0.05) is 18.2 Å². The van der Waals surface area contributed by atoms with Crippen LogP contribution in [0.4, 0.5) is 0 Å². The van der Waals surface area contributed by atoms with E-state index in [0.29, 0.717) is 29.8 Å². The lowest BCUT2D eigenvalue weighted by Crippen LogP contribution is -2.47. The first-order valence-corrected chi connectivity index (χ1v) is 9.33. The molecule has 3 aromatic rings. The summed E-state index contributed by atoms with van der Waals surface area (Å²) in [5.41, 5.74) is 3.06. The van der Waals surface area contributed by atoms with Gasteiger partial charge in [0, 0.05) is 24.9 Å². The number of carbonyl (C=O) groups is 3. The number of amides is 3. The van der Waals surface area contributed by atoms with E-state index in [1.807, 2.05) is 18.2 Å². The number of rotatable bonds is 3. The molecule has 0 radical (unpaired) electrons. The van der Waals surface area contributed by atoms with Crippen molar-refractivity contribution in [2.45, 2.75) is 12.5 Å². The lowest BCUT2D eigenvalue weighted by Gasteiger charge is -2.35. The monoisotopic (exact) mass is 387 g/mol. The molecule has 1 atom stereocenters. The molecule has 0 bridgehead atoms. The molecule has 29 heavy (non-hydrogen) atoms. The molecule has 8 heteroatoms. The zero-order valence-corrected chi connectivity index (χ0v) is 15.4. The summed E-state index contributed by atoms with van der Waals surface area (Å²) in [6.07, 6.45) is 3.90. The van der Waals surface area contributed by atoms with Crippen LogP contribution < -0.4 is 0 Å². The summed E-state index contributed by atoms with van der Waals surface area (Å²) in [4.78, 5) is 53.1. The summed E-state index contributed by atoms with van der Waals surface area (Å²) < 4.78 is 0. The zero-order chi connectivity index (χ0) is 20.0. The summed E-state index contributed by atoms with van der Waals surface area (Å²) in [5, 5.41) is 0. The SMILES string of the molecule is O=C1c2ccccc2C(=O)N1CC(=O)N1CCc2[nH]cnc2C1c1ccccn1. The Morgan fingerprint density at radius 1 is 1.03 bits per heavy atom. The van der Waals surface area contributed by atoms with Crippen LogP contribution in [-0.4, -0.2) is 55.6 Å². The van der Waals surface area contributed by atoms with Crippen molar-refractivity contribution in [2.24, 2.45) is 0 Å². The quantitative estimate of drug-likeness (QED) is 0.688. The molecule has 0 saturated carbocycles. The van der Waals surface area contributed by atoms with Crippen LogP contribution >= 0.6 is 0 Å². The van der Waals surface area contributed by atoms with Crippen LogP contribution in [0.15, 0.2) is 55.0 Å². The summed E-state index contributed by atoms with van der Waals surface area (Å²) in [7, 11) is 0. The lowest BCUT2D eigenvalue weighted by atomic mass is 9.99. The molecule has 5 rings (SSSR count). The first-order valence-electron chi connectivity index (χ1n) is 9.33. The van der Waals surface area contributed by atoms with Crippen molar-refractivity contribution in [1.29, 1.82) is 0 Å². The average molecular weight is 387 g/mol. The normalized spacial score (nSPS) is 18.0. The number of pyridine rings is 1. The van der Waals surface area contributed by atoms with Crippen molar-refractivity contribution in [3.8, 4) is 0 Å². The van der Waals surface area contributed by atoms with Gasteiger partial charge in [-0.25, -0.2) is 4.98 Å². The Bertz CT molecular complexity index is 1090. The number of imidazole rings is 1. The van der Waals surface area contributed by atoms with Gasteiger partial charge in [-0.15, -0.1) is 0 Å². The number of benzene rings is 1. The van der Waals surface area contributed by atoms with Crippen LogP contribution in [-0.2, 0) is 11.2 Å². The number of aromatic nitrogens is 3. The van der Waals surface area contributed by atoms with E-state index in [-0.39, 0.29) is 12.5 Å². The molecule has 8 nitrogen and oxygen atoms in total. The molecule has 2 aromatic heterocycles. The van der Waals surface area contributed by atoms with Crippen molar-refractivity contribution >= 4 is 17.7 Å². The molecule has 4 heterocycles. The third kappa shape index (κ3) is 2.72. The Hall–Kier alpha value is -3.81. The van der Waals surface area contributed by atoms with Crippen LogP contribution in [0.3, 0.4) is 0 Å². The molecule has 1 unspecified atom stereocenters. The highest BCUT2D eigenvalue weighted by Gasteiger charge is 2.40. The molecule has 0 spiro atoms. The number of nitrogens with zero attached hydrogens (tertiary/aromatic N) is 4. The van der Waals surface area contributed by atoms with Crippen molar-refractivity contribution in [1.82, 2.24) is 24.8 Å². The molecular formula is C21H17N5O3. The molecule has 0 saturated heterocycles. The van der Waals surface area contributed by atoms with E-state index in [1.54, 1.807) is 41.7 Å². The zero-order valence-electron chi connectivity index (χ0n) is 15.4. The van der Waals surface area contributed by atoms with E-state index in [0.717, 1.165) is 16.3 Å². The van der Waals surface area contributed by atoms with Crippen LogP contribution in [0.2, 0.25) is 0 Å². The fraction of sp³-hybridized carbons (Fsp3) is 0.190. The van der Waals surface area contributed by atoms with E-state index in [1.165, 1.54) is 0 Å². The second-order valence-electron chi connectivity index (χ2n) is 7.00. The molecule has 0 fully saturated rings. The van der Waals surface area contributed by atoms with Gasteiger partial charge in [0.15, 0.2) is 0 Å². The number of aromatic amines is 1. The largest absolute Gasteiger partial charge is 0.348 e. The third-order valence-corrected chi connectivity index (χ3v) is 5.38. The van der Waals surface area contributed by atoms with Gasteiger partial charge in [0.2, 0.25) is 5.91 Å². The molecular weight excluding hydrogens is 370 g/mol. The van der Waals surface area contributed by atoms with E-state index in [4.69, 9.17) is 0 Å². The second-order valence-corrected chi connectivity index (χ2v) is 7.00. The molecule has 0 aliphatic carbocycles. The van der Waals surface area contributed by atoms with Crippen molar-refractivity contribution in [2.75, 3.05) is 13.1 Å². The molecule has 1 aromatic carbocycles. The smallest absolute Gasteiger partial charge is 0.262 e. The number of hydrogen-bond donors (Lipinski definition) is 1. The Morgan fingerprint density at radius 2 is 1.76 bits per heavy atom. The first kappa shape index (κ1) is 17.3. The van der Waals surface area contributed by atoms with Crippen molar-refractivity contribution in [3.63, 3.8) is 0 Å². The fourth-order valence-electron chi connectivity index (χ4n) is 3.99. The van der Waals surface area contributed by atoms with E-state index >= 15 is 0 Å². The highest BCUT2D eigenvalue weighted by Crippen LogP contribution is 2.32. The minimum Gasteiger partial charge on any atom is -0.348 e. The van der Waals surface area contributed by atoms with Gasteiger partial charge in [0.25, 0.3) is 11.8 Å². The summed E-state index contributed by atoms with van der Waals surface area (Å²) in [5.74, 6) is -1.19. The Morgan fingerprint density at radius 3 is 2.45 bits per heavy atom. The number of nitrogens with one attached hydrogen (secondary N) is 1. The van der Waals surface area contributed by atoms with Gasteiger partial charge >= 0.3 is 0 Å². The highest BCUT2D eigenvalue weighted by atomic mass is 16.2. The van der Waals surface area contributed by atoms with Gasteiger partial charge in [0.1, 0.15) is 12.6 Å². The predicted octanol–water partition coefficient (Wildman–Crippen LogP) is 1.58. The second kappa shape index (κ2) is 6.66. The molecule has 144 valence electrons. The van der Waals surface area contributed by atoms with Gasteiger partial charge in [0.05, 0.1) is 28.8 Å². The van der Waals surface area contributed by atoms with Gasteiger partial charge < -0.3 is 9.88 Å². The summed E-state index contributed by atoms with van der Waals surface area (Å²) >= 11 is 0. The maximum atomic E-state index is 13.2. The molecule has 2 aliphatic heterocycles. The van der Waals surface area contributed by atoms with Crippen LogP contribution in [0, 0.1) is 0 Å². The maximum absolute atomic E-state index is 13.2. The average Bonchev–Trinajstić information content (AvgIpc) is 3.33. The number of carbonyl (C=O) groups excluding carboxylic acids is 3. The Kier molecular flexibility index (Phi) is 3.97. The van der Waals surface area contributed by atoms with Gasteiger partial charge in [-0.2, -0.15) is 0 Å². The number of hydrogen-bond acceptors (Lipinski definition) is 5. The first-order chi connectivity index (χ1) is 14.1. The van der Waals surface area contributed by atoms with Gasteiger partial charge in [-0.3, -0.25) is 24.3 Å². The van der Waals surface area contributed by atoms with Crippen LogP contribution in [0.1, 0.15) is 43.8 Å². The lowest BCUT2D eigenvalue weighted by molar-refractivity contribution is -0.133. The minimum absolute atomic E-state index is 0.310. The molecule has 3 amide bonds. The molecule has 1 N–H and O–H groups in total. The number of H-pyrrole nitrogens is 1. The summed E-state index contributed by atoms with van der Waals surface area (Å²) in [6, 6.07) is 11.7. The standard InChI is InChI=1S/C21H17N5O3/c27-17(11-26-20(28)13-5-1-2-6-14(13)21(26)29)25-10-8-15-18(24-12-23-15)19(25)16-7-3-4-9-22-16/h1-7,9,12,19H,8,10-11H2,(H,23,24). The van der Waals surface area contributed by atoms with Crippen molar-refractivity contribution < 1.29 is 14.4 Å². The topological polar surface area (TPSA) is 99.3 Å². The predicted molar refractivity (Wildman–Crippen MR) is 102 cm³/mol.